The molecule has 2 rings (SSSR count). The van der Waals surface area contributed by atoms with Gasteiger partial charge in [0, 0.05) is 37.4 Å². The van der Waals surface area contributed by atoms with Crippen molar-refractivity contribution < 1.29 is 4.79 Å². The summed E-state index contributed by atoms with van der Waals surface area (Å²) < 4.78 is 0. The fourth-order valence-electron chi connectivity index (χ4n) is 1.70. The van der Waals surface area contributed by atoms with Crippen molar-refractivity contribution in [3.8, 4) is 0 Å². The molecule has 0 bridgehead atoms. The number of alkyl halides is 1. The molecule has 1 aromatic heterocycles. The van der Waals surface area contributed by atoms with Crippen LogP contribution in [0.1, 0.15) is 10.9 Å². The smallest absolute Gasteiger partial charge is 0.244 e. The first-order chi connectivity index (χ1) is 8.11. The largest absolute Gasteiger partial charge is 0.347 e. The highest BCUT2D eigenvalue weighted by atomic mass is 35.5. The second kappa shape index (κ2) is 4.72. The zero-order valence-corrected chi connectivity index (χ0v) is 10.5. The molecular formula is C13H13ClN2O. The lowest BCUT2D eigenvalue weighted by atomic mass is 10.0. The van der Waals surface area contributed by atoms with Gasteiger partial charge in [-0.25, -0.2) is 0 Å². The van der Waals surface area contributed by atoms with Crippen molar-refractivity contribution in [1.82, 2.24) is 9.88 Å². The maximum absolute atomic E-state index is 11.9. The van der Waals surface area contributed by atoms with E-state index in [0.29, 0.717) is 0 Å². The first-order valence-corrected chi connectivity index (χ1v) is 5.73. The normalized spacial score (nSPS) is 12.4. The molecule has 0 radical (unpaired) electrons. The summed E-state index contributed by atoms with van der Waals surface area (Å²) in [5.74, 6) is -0.134. The molecule has 0 fully saturated rings. The molecule has 0 N–H and O–H groups in total. The number of nitrogens with zero attached hydrogens (tertiary/aromatic N) is 2. The predicted octanol–water partition coefficient (Wildman–Crippen LogP) is 2.60. The summed E-state index contributed by atoms with van der Waals surface area (Å²) >= 11 is 6.20. The third-order valence-electron chi connectivity index (χ3n) is 2.63. The SMILES string of the molecule is CN(C)C(=O)C(Cl)c1cncc2ccccc12. The Morgan fingerprint density at radius 1 is 1.29 bits per heavy atom. The van der Waals surface area contributed by atoms with Gasteiger partial charge in [0.1, 0.15) is 5.38 Å². The number of likely N-dealkylation sites (N-methyl/N-ethyl adjacent to an activating group) is 1. The number of pyridine rings is 1. The molecule has 1 atom stereocenters. The molecule has 0 aliphatic heterocycles. The summed E-state index contributed by atoms with van der Waals surface area (Å²) in [4.78, 5) is 17.5. The van der Waals surface area contributed by atoms with Crippen LogP contribution in [0.3, 0.4) is 0 Å². The Bertz CT molecular complexity index is 549. The zero-order valence-electron chi connectivity index (χ0n) is 9.72. The fourth-order valence-corrected chi connectivity index (χ4v) is 2.07. The van der Waals surface area contributed by atoms with Gasteiger partial charge < -0.3 is 4.90 Å². The van der Waals surface area contributed by atoms with E-state index in [1.807, 2.05) is 24.3 Å². The molecule has 0 aliphatic rings. The van der Waals surface area contributed by atoms with E-state index in [-0.39, 0.29) is 5.91 Å². The Hall–Kier alpha value is -1.61. The van der Waals surface area contributed by atoms with Crippen molar-refractivity contribution in [2.24, 2.45) is 0 Å². The standard InChI is InChI=1S/C13H13ClN2O/c1-16(2)13(17)12(14)11-8-15-7-9-5-3-4-6-10(9)11/h3-8,12H,1-2H3. The number of benzene rings is 1. The van der Waals surface area contributed by atoms with Gasteiger partial charge in [-0.15, -0.1) is 11.6 Å². The van der Waals surface area contributed by atoms with Gasteiger partial charge in [-0.2, -0.15) is 0 Å². The number of carbonyl (C=O) groups is 1. The van der Waals surface area contributed by atoms with Crippen LogP contribution in [-0.2, 0) is 4.79 Å². The van der Waals surface area contributed by atoms with Gasteiger partial charge in [0.15, 0.2) is 0 Å². The molecule has 0 saturated heterocycles. The van der Waals surface area contributed by atoms with Gasteiger partial charge >= 0.3 is 0 Å². The molecule has 1 aromatic carbocycles. The average molecular weight is 249 g/mol. The maximum atomic E-state index is 11.9. The second-order valence-electron chi connectivity index (χ2n) is 4.05. The Morgan fingerprint density at radius 2 is 2.00 bits per heavy atom. The molecular weight excluding hydrogens is 236 g/mol. The summed E-state index contributed by atoms with van der Waals surface area (Å²) in [6.07, 6.45) is 3.42. The highest BCUT2D eigenvalue weighted by Gasteiger charge is 2.21. The van der Waals surface area contributed by atoms with Gasteiger partial charge in [0.05, 0.1) is 0 Å². The number of carbonyl (C=O) groups excluding carboxylic acids is 1. The number of rotatable bonds is 2. The van der Waals surface area contributed by atoms with Crippen LogP contribution in [-0.4, -0.2) is 29.9 Å². The third-order valence-corrected chi connectivity index (χ3v) is 3.05. The lowest BCUT2D eigenvalue weighted by molar-refractivity contribution is -0.128. The van der Waals surface area contributed by atoms with Gasteiger partial charge in [-0.05, 0) is 5.39 Å². The van der Waals surface area contributed by atoms with Crippen LogP contribution < -0.4 is 0 Å². The van der Waals surface area contributed by atoms with E-state index in [1.165, 1.54) is 4.90 Å². The van der Waals surface area contributed by atoms with Crippen molar-refractivity contribution in [3.05, 3.63) is 42.2 Å². The van der Waals surface area contributed by atoms with Crippen LogP contribution in [0, 0.1) is 0 Å². The molecule has 0 spiro atoms. The van der Waals surface area contributed by atoms with Crippen molar-refractivity contribution in [1.29, 1.82) is 0 Å². The van der Waals surface area contributed by atoms with E-state index in [1.54, 1.807) is 26.5 Å². The number of amides is 1. The van der Waals surface area contributed by atoms with Gasteiger partial charge in [-0.3, -0.25) is 9.78 Å². The molecule has 1 heterocycles. The highest BCUT2D eigenvalue weighted by Crippen LogP contribution is 2.28. The van der Waals surface area contributed by atoms with Crippen LogP contribution in [0.25, 0.3) is 10.8 Å². The Labute approximate surface area is 105 Å². The number of halogens is 1. The lowest BCUT2D eigenvalue weighted by Crippen LogP contribution is -2.25. The van der Waals surface area contributed by atoms with E-state index in [2.05, 4.69) is 4.98 Å². The fraction of sp³-hybridized carbons (Fsp3) is 0.231. The topological polar surface area (TPSA) is 33.2 Å². The molecule has 88 valence electrons. The Kier molecular flexibility index (Phi) is 3.29. The molecule has 0 aliphatic carbocycles. The van der Waals surface area contributed by atoms with Crippen molar-refractivity contribution in [3.63, 3.8) is 0 Å². The monoisotopic (exact) mass is 248 g/mol. The molecule has 17 heavy (non-hydrogen) atoms. The molecule has 3 nitrogen and oxygen atoms in total. The second-order valence-corrected chi connectivity index (χ2v) is 4.48. The summed E-state index contributed by atoms with van der Waals surface area (Å²) in [5, 5.41) is 1.27. The minimum Gasteiger partial charge on any atom is -0.347 e. The van der Waals surface area contributed by atoms with Crippen LogP contribution >= 0.6 is 11.6 Å². The van der Waals surface area contributed by atoms with Gasteiger partial charge in [-0.1, -0.05) is 24.3 Å². The van der Waals surface area contributed by atoms with E-state index < -0.39 is 5.38 Å². The summed E-state index contributed by atoms with van der Waals surface area (Å²) in [6.45, 7) is 0. The number of fused-ring (bicyclic) bond motifs is 1. The minimum atomic E-state index is -0.691. The molecule has 1 amide bonds. The van der Waals surface area contributed by atoms with Crippen LogP contribution in [0.4, 0.5) is 0 Å². The lowest BCUT2D eigenvalue weighted by Gasteiger charge is -2.16. The summed E-state index contributed by atoms with van der Waals surface area (Å²) in [5.41, 5.74) is 0.753. The van der Waals surface area contributed by atoms with Crippen molar-refractivity contribution in [2.75, 3.05) is 14.1 Å². The summed E-state index contributed by atoms with van der Waals surface area (Å²) in [6, 6.07) is 7.76. The van der Waals surface area contributed by atoms with E-state index in [0.717, 1.165) is 16.3 Å². The average Bonchev–Trinajstić information content (AvgIpc) is 2.36. The number of aromatic nitrogens is 1. The van der Waals surface area contributed by atoms with Crippen LogP contribution in [0.2, 0.25) is 0 Å². The summed E-state index contributed by atoms with van der Waals surface area (Å²) in [7, 11) is 3.38. The molecule has 2 aromatic rings. The van der Waals surface area contributed by atoms with Crippen LogP contribution in [0.5, 0.6) is 0 Å². The van der Waals surface area contributed by atoms with E-state index >= 15 is 0 Å². The van der Waals surface area contributed by atoms with Crippen molar-refractivity contribution >= 4 is 28.3 Å². The van der Waals surface area contributed by atoms with E-state index in [4.69, 9.17) is 11.6 Å². The molecule has 4 heteroatoms. The number of hydrogen-bond donors (Lipinski definition) is 0. The molecule has 0 saturated carbocycles. The van der Waals surface area contributed by atoms with Crippen molar-refractivity contribution in [2.45, 2.75) is 5.38 Å². The zero-order chi connectivity index (χ0) is 12.4. The van der Waals surface area contributed by atoms with Crippen LogP contribution in [0.15, 0.2) is 36.7 Å². The number of hydrogen-bond acceptors (Lipinski definition) is 2. The van der Waals surface area contributed by atoms with Gasteiger partial charge in [0.2, 0.25) is 5.91 Å². The molecule has 1 unspecified atom stereocenters. The Morgan fingerprint density at radius 3 is 2.71 bits per heavy atom. The predicted molar refractivity (Wildman–Crippen MR) is 69.0 cm³/mol. The first-order valence-electron chi connectivity index (χ1n) is 5.29. The third kappa shape index (κ3) is 2.24. The first kappa shape index (κ1) is 11.9. The van der Waals surface area contributed by atoms with E-state index in [9.17, 15) is 4.79 Å². The Balaban J connectivity index is 2.52. The van der Waals surface area contributed by atoms with Gasteiger partial charge in [0.25, 0.3) is 0 Å². The quantitative estimate of drug-likeness (QED) is 0.766. The maximum Gasteiger partial charge on any atom is 0.244 e. The highest BCUT2D eigenvalue weighted by molar-refractivity contribution is 6.31. The minimum absolute atomic E-state index is 0.134.